The molecule has 0 saturated carbocycles. The number of fused-ring (bicyclic) bond motifs is 2. The van der Waals surface area contributed by atoms with Gasteiger partial charge >= 0.3 is 6.09 Å². The van der Waals surface area contributed by atoms with E-state index in [0.29, 0.717) is 24.5 Å². The van der Waals surface area contributed by atoms with Crippen LogP contribution in [0.1, 0.15) is 135 Å². The van der Waals surface area contributed by atoms with Crippen molar-refractivity contribution in [1.29, 1.82) is 0 Å². The lowest BCUT2D eigenvalue weighted by molar-refractivity contribution is 0.145. The highest BCUT2D eigenvalue weighted by molar-refractivity contribution is 7.17. The van der Waals surface area contributed by atoms with Crippen LogP contribution in [0, 0.1) is 0 Å². The summed E-state index contributed by atoms with van der Waals surface area (Å²) in [6.45, 7) is 8.49. The van der Waals surface area contributed by atoms with Crippen molar-refractivity contribution in [2.24, 2.45) is 0 Å². The number of carbonyl (C=O) groups excluding carboxylic acids is 1. The van der Waals surface area contributed by atoms with Crippen molar-refractivity contribution < 1.29 is 14.3 Å². The van der Waals surface area contributed by atoms with E-state index in [1.165, 1.54) is 118 Å². The summed E-state index contributed by atoms with van der Waals surface area (Å²) >= 11 is 1.81. The summed E-state index contributed by atoms with van der Waals surface area (Å²) in [5.74, 6) is 0.661. The van der Waals surface area contributed by atoms with E-state index in [-0.39, 0.29) is 5.56 Å². The van der Waals surface area contributed by atoms with Crippen LogP contribution in [0.25, 0.3) is 21.0 Å². The van der Waals surface area contributed by atoms with E-state index in [1.807, 2.05) is 23.5 Å². The lowest BCUT2D eigenvalue weighted by Gasteiger charge is -2.36. The molecule has 0 unspecified atom stereocenters. The first-order chi connectivity index (χ1) is 26.6. The summed E-state index contributed by atoms with van der Waals surface area (Å²) in [4.78, 5) is 30.9. The van der Waals surface area contributed by atoms with Gasteiger partial charge in [0.15, 0.2) is 0 Å². The average molecular weight is 758 g/mol. The maximum Gasteiger partial charge on any atom is 0.421 e. The van der Waals surface area contributed by atoms with E-state index in [2.05, 4.69) is 46.4 Å². The molecule has 1 saturated heterocycles. The second-order valence-corrected chi connectivity index (χ2v) is 16.3. The third-order valence-electron chi connectivity index (χ3n) is 11.1. The standard InChI is InChI=1S/C46H67N3O4S/c1-2-3-4-5-6-7-8-9-10-11-12-13-14-15-16-17-18-20-36-53-46(51)49-43-38-40(27-25-39(43)26-28-45(49)50)52-35-21-19-30-47-31-33-48(34-32-47)42-23-22-24-44-41(42)29-37-54-44/h22-29,37-38H,2-21,30-36H2,1H3. The number of rotatable bonds is 26. The normalized spacial score (nSPS) is 13.6. The zero-order valence-electron chi connectivity index (χ0n) is 33.2. The van der Waals surface area contributed by atoms with Crippen LogP contribution in [0.5, 0.6) is 5.75 Å². The molecule has 7 nitrogen and oxygen atoms in total. The van der Waals surface area contributed by atoms with Crippen LogP contribution in [0.3, 0.4) is 0 Å². The van der Waals surface area contributed by atoms with Crippen LogP contribution in [0.2, 0.25) is 0 Å². The number of hydrogen-bond acceptors (Lipinski definition) is 7. The van der Waals surface area contributed by atoms with Gasteiger partial charge in [-0.25, -0.2) is 9.36 Å². The molecule has 1 aliphatic heterocycles. The molecule has 0 N–H and O–H groups in total. The third-order valence-corrected chi connectivity index (χ3v) is 12.0. The predicted molar refractivity (Wildman–Crippen MR) is 229 cm³/mol. The molecule has 0 spiro atoms. The number of carbonyl (C=O) groups is 1. The molecular weight excluding hydrogens is 691 g/mol. The van der Waals surface area contributed by atoms with Gasteiger partial charge in [0.2, 0.25) is 0 Å². The molecule has 4 aromatic rings. The zero-order valence-corrected chi connectivity index (χ0v) is 34.1. The Morgan fingerprint density at radius 2 is 1.28 bits per heavy atom. The zero-order chi connectivity index (χ0) is 37.6. The molecule has 296 valence electrons. The second kappa shape index (κ2) is 24.2. The number of benzene rings is 2. The van der Waals surface area contributed by atoms with Gasteiger partial charge in [-0.2, -0.15) is 0 Å². The predicted octanol–water partition coefficient (Wildman–Crippen LogP) is 12.2. The lowest BCUT2D eigenvalue weighted by Crippen LogP contribution is -2.46. The molecule has 2 aromatic carbocycles. The fourth-order valence-electron chi connectivity index (χ4n) is 7.81. The largest absolute Gasteiger partial charge is 0.494 e. The van der Waals surface area contributed by atoms with Gasteiger partial charge in [0, 0.05) is 54.1 Å². The van der Waals surface area contributed by atoms with E-state index in [9.17, 15) is 9.59 Å². The molecular formula is C46H67N3O4S. The molecule has 0 bridgehead atoms. The van der Waals surface area contributed by atoms with E-state index >= 15 is 0 Å². The number of piperazine rings is 1. The topological polar surface area (TPSA) is 64.0 Å². The Labute approximate surface area is 329 Å². The van der Waals surface area contributed by atoms with Gasteiger partial charge in [-0.3, -0.25) is 9.69 Å². The second-order valence-electron chi connectivity index (χ2n) is 15.3. The number of anilines is 1. The summed E-state index contributed by atoms with van der Waals surface area (Å²) in [5.41, 5.74) is 1.50. The minimum atomic E-state index is -0.609. The first kappa shape index (κ1) is 41.8. The monoisotopic (exact) mass is 757 g/mol. The van der Waals surface area contributed by atoms with Crippen LogP contribution in [-0.4, -0.2) is 61.5 Å². The van der Waals surface area contributed by atoms with Gasteiger partial charge in [-0.15, -0.1) is 11.3 Å². The molecule has 1 fully saturated rings. The molecule has 2 aromatic heterocycles. The van der Waals surface area contributed by atoms with Crippen LogP contribution in [0.15, 0.2) is 64.8 Å². The Bertz CT molecular complexity index is 1710. The Morgan fingerprint density at radius 1 is 0.667 bits per heavy atom. The fraction of sp³-hybridized carbons (Fsp3) is 0.609. The van der Waals surface area contributed by atoms with Crippen LogP contribution in [-0.2, 0) is 4.74 Å². The minimum absolute atomic E-state index is 0.330. The minimum Gasteiger partial charge on any atom is -0.494 e. The molecule has 54 heavy (non-hydrogen) atoms. The van der Waals surface area contributed by atoms with Gasteiger partial charge in [0.05, 0.1) is 18.7 Å². The molecule has 0 aliphatic carbocycles. The van der Waals surface area contributed by atoms with E-state index in [0.717, 1.165) is 74.8 Å². The fourth-order valence-corrected chi connectivity index (χ4v) is 8.62. The quantitative estimate of drug-likeness (QED) is 0.0594. The Morgan fingerprint density at radius 3 is 1.94 bits per heavy atom. The van der Waals surface area contributed by atoms with Crippen LogP contribution >= 0.6 is 11.3 Å². The van der Waals surface area contributed by atoms with Crippen molar-refractivity contribution in [3.8, 4) is 5.75 Å². The van der Waals surface area contributed by atoms with Crippen molar-refractivity contribution in [2.75, 3.05) is 50.8 Å². The molecule has 0 atom stereocenters. The van der Waals surface area contributed by atoms with Gasteiger partial charge in [-0.05, 0) is 73.0 Å². The number of nitrogens with zero attached hydrogens (tertiary/aromatic N) is 3. The number of hydrogen-bond donors (Lipinski definition) is 0. The highest BCUT2D eigenvalue weighted by Crippen LogP contribution is 2.31. The molecule has 0 radical (unpaired) electrons. The summed E-state index contributed by atoms with van der Waals surface area (Å²) in [5, 5.41) is 4.36. The summed E-state index contributed by atoms with van der Waals surface area (Å²) in [7, 11) is 0. The van der Waals surface area contributed by atoms with E-state index in [1.54, 1.807) is 12.1 Å². The number of thiophene rings is 1. The summed E-state index contributed by atoms with van der Waals surface area (Å²) in [6, 6.07) is 17.7. The van der Waals surface area contributed by atoms with Gasteiger partial charge in [-0.1, -0.05) is 122 Å². The van der Waals surface area contributed by atoms with Gasteiger partial charge < -0.3 is 14.4 Å². The SMILES string of the molecule is CCCCCCCCCCCCCCCCCCCCOC(=O)n1c(=O)ccc2ccc(OCCCCN3CCN(c4cccc5sccc45)CC3)cc21. The molecule has 5 rings (SSSR count). The van der Waals surface area contributed by atoms with Crippen molar-refractivity contribution in [2.45, 2.75) is 135 Å². The Balaban J connectivity index is 0.904. The van der Waals surface area contributed by atoms with Crippen molar-refractivity contribution in [3.05, 3.63) is 70.3 Å². The maximum atomic E-state index is 13.1. The van der Waals surface area contributed by atoms with Crippen molar-refractivity contribution in [1.82, 2.24) is 9.47 Å². The van der Waals surface area contributed by atoms with Crippen molar-refractivity contribution >= 4 is 44.1 Å². The molecule has 1 aliphatic rings. The lowest BCUT2D eigenvalue weighted by atomic mass is 10.0. The number of ether oxygens (including phenoxy) is 2. The average Bonchev–Trinajstić information content (AvgIpc) is 3.68. The number of pyridine rings is 1. The van der Waals surface area contributed by atoms with Crippen molar-refractivity contribution in [3.63, 3.8) is 0 Å². The van der Waals surface area contributed by atoms with E-state index in [4.69, 9.17) is 9.47 Å². The third kappa shape index (κ3) is 13.7. The highest BCUT2D eigenvalue weighted by Gasteiger charge is 2.19. The van der Waals surface area contributed by atoms with Gasteiger partial charge in [0.1, 0.15) is 5.75 Å². The smallest absolute Gasteiger partial charge is 0.421 e. The summed E-state index contributed by atoms with van der Waals surface area (Å²) in [6.07, 6.45) is 25.1. The Hall–Kier alpha value is -3.36. The highest BCUT2D eigenvalue weighted by atomic mass is 32.1. The van der Waals surface area contributed by atoms with Crippen LogP contribution in [0.4, 0.5) is 10.5 Å². The molecule has 8 heteroatoms. The first-order valence-electron chi connectivity index (χ1n) is 21.5. The van der Waals surface area contributed by atoms with E-state index < -0.39 is 6.09 Å². The number of aromatic nitrogens is 1. The molecule has 3 heterocycles. The Kier molecular flexibility index (Phi) is 18.7. The van der Waals surface area contributed by atoms with Gasteiger partial charge in [0.25, 0.3) is 5.56 Å². The molecule has 0 amide bonds. The van der Waals surface area contributed by atoms with Crippen LogP contribution < -0.4 is 15.2 Å². The number of unbranched alkanes of at least 4 members (excludes halogenated alkanes) is 18. The first-order valence-corrected chi connectivity index (χ1v) is 22.4. The summed E-state index contributed by atoms with van der Waals surface area (Å²) < 4.78 is 14.2. The maximum absolute atomic E-state index is 13.1.